The first kappa shape index (κ1) is 14.1. The molecule has 20 heavy (non-hydrogen) atoms. The third-order valence-electron chi connectivity index (χ3n) is 3.97. The molecule has 102 valence electrons. The predicted molar refractivity (Wildman–Crippen MR) is 95.7 cm³/mol. The van der Waals surface area contributed by atoms with Crippen molar-refractivity contribution in [3.63, 3.8) is 0 Å². The van der Waals surface area contributed by atoms with Gasteiger partial charge in [0, 0.05) is 8.95 Å². The number of hydrogen-bond donors (Lipinski definition) is 0. The van der Waals surface area contributed by atoms with Gasteiger partial charge in [0.1, 0.15) is 0 Å². The average Bonchev–Trinajstić information content (AvgIpc) is 2.44. The molecule has 0 saturated heterocycles. The lowest BCUT2D eigenvalue weighted by atomic mass is 9.95. The molecule has 0 nitrogen and oxygen atoms in total. The quantitative estimate of drug-likeness (QED) is 0.393. The number of benzene rings is 3. The molecule has 0 unspecified atom stereocenters. The molecule has 3 aromatic rings. The van der Waals surface area contributed by atoms with E-state index in [0.29, 0.717) is 5.92 Å². The standard InChI is InChI=1S/C18H16Br2/c1-10(2)12-4-7-15-13(8-12)5-6-14-11(3)18(20)17(19)9-16(14)15/h4-10H,1-3H3. The smallest absolute Gasteiger partial charge is 0.0353 e. The van der Waals surface area contributed by atoms with Gasteiger partial charge in [0.2, 0.25) is 0 Å². The molecule has 0 saturated carbocycles. The van der Waals surface area contributed by atoms with Crippen molar-refractivity contribution in [2.45, 2.75) is 26.7 Å². The maximum absolute atomic E-state index is 3.65. The zero-order chi connectivity index (χ0) is 14.4. The molecule has 0 atom stereocenters. The summed E-state index contributed by atoms with van der Waals surface area (Å²) >= 11 is 7.29. The van der Waals surface area contributed by atoms with Gasteiger partial charge in [0.05, 0.1) is 0 Å². The van der Waals surface area contributed by atoms with Crippen LogP contribution in [-0.4, -0.2) is 0 Å². The molecule has 0 heterocycles. The molecule has 3 rings (SSSR count). The van der Waals surface area contributed by atoms with Gasteiger partial charge in [-0.1, -0.05) is 44.2 Å². The lowest BCUT2D eigenvalue weighted by molar-refractivity contribution is 0.869. The highest BCUT2D eigenvalue weighted by molar-refractivity contribution is 9.13. The third-order valence-corrected chi connectivity index (χ3v) is 6.15. The van der Waals surface area contributed by atoms with E-state index in [9.17, 15) is 0 Å². The highest BCUT2D eigenvalue weighted by Gasteiger charge is 2.10. The Balaban J connectivity index is 2.42. The minimum absolute atomic E-state index is 0.563. The Bertz CT molecular complexity index is 817. The molecular formula is C18H16Br2. The summed E-state index contributed by atoms with van der Waals surface area (Å²) in [5.41, 5.74) is 2.67. The molecule has 0 fully saturated rings. The summed E-state index contributed by atoms with van der Waals surface area (Å²) in [6, 6.07) is 13.5. The molecule has 0 amide bonds. The van der Waals surface area contributed by atoms with Crippen molar-refractivity contribution in [3.05, 3.63) is 56.5 Å². The van der Waals surface area contributed by atoms with Gasteiger partial charge in [0.15, 0.2) is 0 Å². The third kappa shape index (κ3) is 2.19. The van der Waals surface area contributed by atoms with Crippen molar-refractivity contribution in [1.82, 2.24) is 0 Å². The van der Waals surface area contributed by atoms with E-state index in [1.54, 1.807) is 0 Å². The van der Waals surface area contributed by atoms with Crippen LogP contribution >= 0.6 is 31.9 Å². The summed E-state index contributed by atoms with van der Waals surface area (Å²) in [6.07, 6.45) is 0. The first-order chi connectivity index (χ1) is 9.49. The first-order valence-electron chi connectivity index (χ1n) is 6.80. The second-order valence-corrected chi connectivity index (χ2v) is 7.24. The summed E-state index contributed by atoms with van der Waals surface area (Å²) in [6.45, 7) is 6.63. The van der Waals surface area contributed by atoms with Gasteiger partial charge in [-0.2, -0.15) is 0 Å². The normalized spacial score (nSPS) is 11.7. The largest absolute Gasteiger partial charge is 0.0587 e. The second kappa shape index (κ2) is 5.16. The van der Waals surface area contributed by atoms with Crippen molar-refractivity contribution >= 4 is 53.4 Å². The Kier molecular flexibility index (Phi) is 3.64. The molecule has 0 spiro atoms. The molecule has 2 heteroatoms. The van der Waals surface area contributed by atoms with E-state index in [1.807, 2.05) is 0 Å². The van der Waals surface area contributed by atoms with Crippen LogP contribution in [0, 0.1) is 6.92 Å². The number of halogens is 2. The van der Waals surface area contributed by atoms with Crippen LogP contribution in [0.5, 0.6) is 0 Å². The highest BCUT2D eigenvalue weighted by atomic mass is 79.9. The van der Waals surface area contributed by atoms with E-state index in [1.165, 1.54) is 32.7 Å². The van der Waals surface area contributed by atoms with Crippen molar-refractivity contribution < 1.29 is 0 Å². The van der Waals surface area contributed by atoms with E-state index in [-0.39, 0.29) is 0 Å². The zero-order valence-electron chi connectivity index (χ0n) is 11.8. The molecule has 0 bridgehead atoms. The molecule has 0 aliphatic heterocycles. The Morgan fingerprint density at radius 3 is 2.25 bits per heavy atom. The van der Waals surface area contributed by atoms with Crippen LogP contribution in [0.2, 0.25) is 0 Å². The minimum atomic E-state index is 0.563. The monoisotopic (exact) mass is 390 g/mol. The van der Waals surface area contributed by atoms with E-state index in [0.717, 1.165) is 8.95 Å². The van der Waals surface area contributed by atoms with Crippen LogP contribution in [0.1, 0.15) is 30.9 Å². The fourth-order valence-corrected chi connectivity index (χ4v) is 3.56. The van der Waals surface area contributed by atoms with Crippen LogP contribution in [-0.2, 0) is 0 Å². The average molecular weight is 392 g/mol. The second-order valence-electron chi connectivity index (χ2n) is 5.59. The van der Waals surface area contributed by atoms with Crippen molar-refractivity contribution in [2.24, 2.45) is 0 Å². The molecule has 0 N–H and O–H groups in total. The Labute approximate surface area is 136 Å². The Morgan fingerprint density at radius 1 is 0.850 bits per heavy atom. The molecular weight excluding hydrogens is 376 g/mol. The van der Waals surface area contributed by atoms with E-state index >= 15 is 0 Å². The van der Waals surface area contributed by atoms with E-state index in [4.69, 9.17) is 0 Å². The van der Waals surface area contributed by atoms with Gasteiger partial charge in [0.25, 0.3) is 0 Å². The van der Waals surface area contributed by atoms with Crippen LogP contribution in [0.15, 0.2) is 45.3 Å². The maximum atomic E-state index is 3.65. The van der Waals surface area contributed by atoms with E-state index in [2.05, 4.69) is 89.0 Å². The number of rotatable bonds is 1. The lowest BCUT2D eigenvalue weighted by Gasteiger charge is -2.12. The summed E-state index contributed by atoms with van der Waals surface area (Å²) in [7, 11) is 0. The fraction of sp³-hybridized carbons (Fsp3) is 0.222. The molecule has 0 aliphatic carbocycles. The Morgan fingerprint density at radius 2 is 1.55 bits per heavy atom. The number of aryl methyl sites for hydroxylation is 1. The van der Waals surface area contributed by atoms with Crippen LogP contribution in [0.25, 0.3) is 21.5 Å². The van der Waals surface area contributed by atoms with Gasteiger partial charge in [-0.25, -0.2) is 0 Å². The van der Waals surface area contributed by atoms with Gasteiger partial charge < -0.3 is 0 Å². The minimum Gasteiger partial charge on any atom is -0.0587 e. The van der Waals surface area contributed by atoms with Crippen molar-refractivity contribution in [2.75, 3.05) is 0 Å². The number of fused-ring (bicyclic) bond motifs is 3. The van der Waals surface area contributed by atoms with Crippen LogP contribution in [0.3, 0.4) is 0 Å². The summed E-state index contributed by atoms with van der Waals surface area (Å²) in [5.74, 6) is 0.563. The first-order valence-corrected chi connectivity index (χ1v) is 8.38. The zero-order valence-corrected chi connectivity index (χ0v) is 15.0. The molecule has 0 radical (unpaired) electrons. The summed E-state index contributed by atoms with van der Waals surface area (Å²) < 4.78 is 2.26. The fourth-order valence-electron chi connectivity index (χ4n) is 2.70. The van der Waals surface area contributed by atoms with Crippen LogP contribution in [0.4, 0.5) is 0 Å². The SMILES string of the molecule is Cc1c(Br)c(Br)cc2c1ccc1cc(C(C)C)ccc12. The van der Waals surface area contributed by atoms with Gasteiger partial charge in [-0.15, -0.1) is 0 Å². The summed E-state index contributed by atoms with van der Waals surface area (Å²) in [4.78, 5) is 0. The van der Waals surface area contributed by atoms with Crippen LogP contribution < -0.4 is 0 Å². The molecule has 3 aromatic carbocycles. The van der Waals surface area contributed by atoms with E-state index < -0.39 is 0 Å². The van der Waals surface area contributed by atoms with Crippen molar-refractivity contribution in [1.29, 1.82) is 0 Å². The Hall–Kier alpha value is -0.860. The summed E-state index contributed by atoms with van der Waals surface area (Å²) in [5, 5.41) is 5.26. The molecule has 0 aromatic heterocycles. The van der Waals surface area contributed by atoms with Crippen molar-refractivity contribution in [3.8, 4) is 0 Å². The van der Waals surface area contributed by atoms with Gasteiger partial charge in [-0.05, 0) is 83.4 Å². The maximum Gasteiger partial charge on any atom is 0.0353 e. The molecule has 0 aliphatic rings. The number of hydrogen-bond acceptors (Lipinski definition) is 0. The predicted octanol–water partition coefficient (Wildman–Crippen LogP) is 6.95. The van der Waals surface area contributed by atoms with Gasteiger partial charge in [-0.3, -0.25) is 0 Å². The highest BCUT2D eigenvalue weighted by Crippen LogP contribution is 2.37. The lowest BCUT2D eigenvalue weighted by Crippen LogP contribution is -1.89. The van der Waals surface area contributed by atoms with Gasteiger partial charge >= 0.3 is 0 Å². The topological polar surface area (TPSA) is 0 Å².